The van der Waals surface area contributed by atoms with E-state index >= 15 is 0 Å². The highest BCUT2D eigenvalue weighted by atomic mass is 35.5. The number of carbonyl (C=O) groups is 1. The lowest BCUT2D eigenvalue weighted by molar-refractivity contribution is 0.102. The van der Waals surface area contributed by atoms with E-state index in [-0.39, 0.29) is 20.9 Å². The van der Waals surface area contributed by atoms with Crippen LogP contribution in [0, 0.1) is 6.92 Å². The van der Waals surface area contributed by atoms with Crippen molar-refractivity contribution < 1.29 is 18.3 Å². The second-order valence-corrected chi connectivity index (χ2v) is 7.08. The van der Waals surface area contributed by atoms with Gasteiger partial charge in [0.15, 0.2) is 0 Å². The summed E-state index contributed by atoms with van der Waals surface area (Å²) in [5, 5.41) is 10.4. The molecule has 11 heteroatoms. The number of alkyl halides is 2. The van der Waals surface area contributed by atoms with Crippen LogP contribution in [0.1, 0.15) is 21.1 Å². The number of methoxy groups -OCH3 is 1. The van der Waals surface area contributed by atoms with Gasteiger partial charge in [0.1, 0.15) is 15.9 Å². The van der Waals surface area contributed by atoms with Gasteiger partial charge < -0.3 is 4.74 Å². The zero-order valence-corrected chi connectivity index (χ0v) is 16.3. The van der Waals surface area contributed by atoms with Crippen LogP contribution in [-0.4, -0.2) is 39.6 Å². The molecule has 3 aromatic rings. The summed E-state index contributed by atoms with van der Waals surface area (Å²) in [7, 11) is 1.48. The number of hydrogen-bond donors (Lipinski definition) is 1. The minimum Gasteiger partial charge on any atom is -0.494 e. The van der Waals surface area contributed by atoms with E-state index in [1.54, 1.807) is 19.1 Å². The number of nitrogens with zero attached hydrogens (tertiary/aromatic N) is 4. The molecule has 146 valence electrons. The standard InChI is InChI=1S/C17H14ClF2N5O2S/c1-8-3-9(10-4-13(18)22-7-12(10)27-2)11(6-21-8)16(26)23-17-25-24-15(28-17)5-14(19)20/h3-4,6-7,14H,5H2,1-2H3,(H,23,25,26). The minimum atomic E-state index is -2.53. The summed E-state index contributed by atoms with van der Waals surface area (Å²) in [4.78, 5) is 20.9. The highest BCUT2D eigenvalue weighted by Gasteiger charge is 2.19. The molecular formula is C17H14ClF2N5O2S. The van der Waals surface area contributed by atoms with Gasteiger partial charge >= 0.3 is 0 Å². The van der Waals surface area contributed by atoms with E-state index in [0.29, 0.717) is 22.6 Å². The van der Waals surface area contributed by atoms with E-state index < -0.39 is 18.8 Å². The predicted octanol–water partition coefficient (Wildman–Crippen LogP) is 4.03. The fourth-order valence-corrected chi connectivity index (χ4v) is 3.33. The van der Waals surface area contributed by atoms with Crippen molar-refractivity contribution in [3.05, 3.63) is 45.9 Å². The summed E-state index contributed by atoms with van der Waals surface area (Å²) >= 11 is 6.90. The third-order valence-electron chi connectivity index (χ3n) is 3.65. The van der Waals surface area contributed by atoms with E-state index in [0.717, 1.165) is 11.3 Å². The molecule has 0 aliphatic heterocycles. The molecule has 1 amide bonds. The predicted molar refractivity (Wildman–Crippen MR) is 101 cm³/mol. The molecule has 0 spiro atoms. The molecule has 0 saturated heterocycles. The Labute approximate surface area is 167 Å². The summed E-state index contributed by atoms with van der Waals surface area (Å²) < 4.78 is 30.2. The Hall–Kier alpha value is -2.72. The van der Waals surface area contributed by atoms with Gasteiger partial charge in [0.25, 0.3) is 5.91 Å². The summed E-state index contributed by atoms with van der Waals surface area (Å²) in [6.07, 6.45) is -0.184. The maximum atomic E-state index is 12.8. The van der Waals surface area contributed by atoms with Gasteiger partial charge in [-0.1, -0.05) is 22.9 Å². The Bertz CT molecular complexity index is 1010. The Kier molecular flexibility index (Phi) is 6.10. The molecule has 1 N–H and O–H groups in total. The maximum absolute atomic E-state index is 12.8. The molecule has 3 rings (SSSR count). The monoisotopic (exact) mass is 425 g/mol. The van der Waals surface area contributed by atoms with Crippen LogP contribution in [0.2, 0.25) is 5.15 Å². The highest BCUT2D eigenvalue weighted by molar-refractivity contribution is 7.15. The fraction of sp³-hybridized carbons (Fsp3) is 0.235. The molecule has 7 nitrogen and oxygen atoms in total. The van der Waals surface area contributed by atoms with Gasteiger partial charge in [0.2, 0.25) is 11.6 Å². The average Bonchev–Trinajstić information content (AvgIpc) is 3.07. The lowest BCUT2D eigenvalue weighted by atomic mass is 10.0. The van der Waals surface area contributed by atoms with Gasteiger partial charge in [-0.2, -0.15) is 0 Å². The normalized spacial score (nSPS) is 10.9. The van der Waals surface area contributed by atoms with E-state index in [1.807, 2.05) is 0 Å². The topological polar surface area (TPSA) is 89.9 Å². The zero-order chi connectivity index (χ0) is 20.3. The van der Waals surface area contributed by atoms with Crippen LogP contribution < -0.4 is 10.1 Å². The van der Waals surface area contributed by atoms with Crippen molar-refractivity contribution in [2.24, 2.45) is 0 Å². The molecule has 0 fully saturated rings. The van der Waals surface area contributed by atoms with Crippen LogP contribution in [0.15, 0.2) is 24.5 Å². The number of anilines is 1. The number of halogens is 3. The number of hydrogen-bond acceptors (Lipinski definition) is 7. The van der Waals surface area contributed by atoms with Gasteiger partial charge in [-0.25, -0.2) is 13.8 Å². The summed E-state index contributed by atoms with van der Waals surface area (Å²) in [5.41, 5.74) is 2.01. The number of pyridine rings is 2. The fourth-order valence-electron chi connectivity index (χ4n) is 2.44. The molecule has 28 heavy (non-hydrogen) atoms. The zero-order valence-electron chi connectivity index (χ0n) is 14.7. The Morgan fingerprint density at radius 2 is 2.04 bits per heavy atom. The van der Waals surface area contributed by atoms with Crippen molar-refractivity contribution in [1.29, 1.82) is 0 Å². The molecule has 0 aliphatic carbocycles. The number of amides is 1. The molecule has 0 radical (unpaired) electrons. The highest BCUT2D eigenvalue weighted by Crippen LogP contribution is 2.34. The molecule has 0 unspecified atom stereocenters. The van der Waals surface area contributed by atoms with Crippen LogP contribution in [-0.2, 0) is 6.42 Å². The first-order valence-corrected chi connectivity index (χ1v) is 9.15. The van der Waals surface area contributed by atoms with Crippen molar-refractivity contribution in [3.63, 3.8) is 0 Å². The summed E-state index contributed by atoms with van der Waals surface area (Å²) in [6, 6.07) is 3.29. The lowest BCUT2D eigenvalue weighted by Gasteiger charge is -2.13. The van der Waals surface area contributed by atoms with Crippen molar-refractivity contribution in [1.82, 2.24) is 20.2 Å². The number of aromatic nitrogens is 4. The summed E-state index contributed by atoms with van der Waals surface area (Å²) in [5.74, 6) is -0.0866. The number of ether oxygens (including phenoxy) is 1. The van der Waals surface area contributed by atoms with Crippen LogP contribution in [0.4, 0.5) is 13.9 Å². The maximum Gasteiger partial charge on any atom is 0.259 e. The first kappa shape index (κ1) is 20.0. The van der Waals surface area contributed by atoms with Crippen molar-refractivity contribution in [2.75, 3.05) is 12.4 Å². The van der Waals surface area contributed by atoms with Crippen molar-refractivity contribution in [3.8, 4) is 16.9 Å². The van der Waals surface area contributed by atoms with Crippen LogP contribution in [0.3, 0.4) is 0 Å². The van der Waals surface area contributed by atoms with Crippen LogP contribution in [0.25, 0.3) is 11.1 Å². The molecule has 3 aromatic heterocycles. The third kappa shape index (κ3) is 4.57. The van der Waals surface area contributed by atoms with E-state index in [1.165, 1.54) is 19.5 Å². The Morgan fingerprint density at radius 1 is 1.25 bits per heavy atom. The Morgan fingerprint density at radius 3 is 2.75 bits per heavy atom. The molecule has 0 bridgehead atoms. The minimum absolute atomic E-state index is 0.118. The first-order chi connectivity index (χ1) is 13.4. The lowest BCUT2D eigenvalue weighted by Crippen LogP contribution is -2.14. The Balaban J connectivity index is 1.96. The first-order valence-electron chi connectivity index (χ1n) is 7.95. The smallest absolute Gasteiger partial charge is 0.259 e. The quantitative estimate of drug-likeness (QED) is 0.600. The van der Waals surface area contributed by atoms with Crippen LogP contribution in [0.5, 0.6) is 5.75 Å². The van der Waals surface area contributed by atoms with Gasteiger partial charge in [-0.15, -0.1) is 10.2 Å². The van der Waals surface area contributed by atoms with Gasteiger partial charge in [0.05, 0.1) is 25.3 Å². The molecule has 0 aromatic carbocycles. The summed E-state index contributed by atoms with van der Waals surface area (Å²) in [6.45, 7) is 1.78. The molecule has 0 saturated carbocycles. The van der Waals surface area contributed by atoms with Gasteiger partial charge in [-0.05, 0) is 19.1 Å². The third-order valence-corrected chi connectivity index (χ3v) is 4.71. The number of aryl methyl sites for hydroxylation is 1. The average molecular weight is 426 g/mol. The second kappa shape index (κ2) is 8.53. The van der Waals surface area contributed by atoms with Crippen molar-refractivity contribution in [2.45, 2.75) is 19.8 Å². The number of rotatable bonds is 6. The molecule has 0 atom stereocenters. The largest absolute Gasteiger partial charge is 0.494 e. The van der Waals surface area contributed by atoms with Crippen LogP contribution >= 0.6 is 22.9 Å². The second-order valence-electron chi connectivity index (χ2n) is 5.63. The van der Waals surface area contributed by atoms with E-state index in [2.05, 4.69) is 25.5 Å². The number of nitrogens with one attached hydrogen (secondary N) is 1. The van der Waals surface area contributed by atoms with Crippen molar-refractivity contribution >= 4 is 34.0 Å². The van der Waals surface area contributed by atoms with E-state index in [9.17, 15) is 13.6 Å². The van der Waals surface area contributed by atoms with E-state index in [4.69, 9.17) is 16.3 Å². The van der Waals surface area contributed by atoms with Gasteiger partial charge in [0, 0.05) is 23.0 Å². The van der Waals surface area contributed by atoms with Gasteiger partial charge in [-0.3, -0.25) is 15.1 Å². The number of carbonyl (C=O) groups excluding carboxylic acids is 1. The molecule has 3 heterocycles. The SMILES string of the molecule is COc1cnc(Cl)cc1-c1cc(C)ncc1C(=O)Nc1nnc(CC(F)F)s1. The molecular weight excluding hydrogens is 412 g/mol. The molecule has 0 aliphatic rings.